The molecule has 4 heteroatoms. The third kappa shape index (κ3) is 12.8. The summed E-state index contributed by atoms with van der Waals surface area (Å²) < 4.78 is 12.5. The van der Waals surface area contributed by atoms with Crippen LogP contribution in [0.15, 0.2) is 54.6 Å². The summed E-state index contributed by atoms with van der Waals surface area (Å²) in [4.78, 5) is 12.3. The van der Waals surface area contributed by atoms with E-state index in [9.17, 15) is 4.79 Å². The Morgan fingerprint density at radius 3 is 2.26 bits per heavy atom. The first-order valence-corrected chi connectivity index (χ1v) is 13.7. The van der Waals surface area contributed by atoms with Gasteiger partial charge in [0.2, 0.25) is 0 Å². The smallest absolute Gasteiger partial charge is 0.306 e. The van der Waals surface area contributed by atoms with Gasteiger partial charge in [-0.1, -0.05) is 94.0 Å². The van der Waals surface area contributed by atoms with E-state index in [-0.39, 0.29) is 18.7 Å². The van der Waals surface area contributed by atoms with Gasteiger partial charge < -0.3 is 14.0 Å². The predicted molar refractivity (Wildman–Crippen MR) is 146 cm³/mol. The number of hydrogen-bond acceptors (Lipinski definition) is 3. The molecule has 0 saturated carbocycles. The fourth-order valence-corrected chi connectivity index (χ4v) is 4.44. The van der Waals surface area contributed by atoms with Gasteiger partial charge in [0.1, 0.15) is 25.0 Å². The van der Waals surface area contributed by atoms with Crippen LogP contribution in [0.2, 0.25) is 0 Å². The number of rotatable bonds is 18. The molecular formula is C31H48NO3+. The van der Waals surface area contributed by atoms with Crippen LogP contribution in [0.25, 0.3) is 0 Å². The highest BCUT2D eigenvalue weighted by Crippen LogP contribution is 2.22. The Bertz CT molecular complexity index is 834. The maximum absolute atomic E-state index is 12.3. The van der Waals surface area contributed by atoms with Crippen molar-refractivity contribution in [3.05, 3.63) is 65.7 Å². The number of carbonyl (C=O) groups is 1. The Balaban J connectivity index is 1.65. The average molecular weight is 483 g/mol. The molecular weight excluding hydrogens is 434 g/mol. The van der Waals surface area contributed by atoms with Gasteiger partial charge in [0, 0.05) is 12.0 Å². The first kappa shape index (κ1) is 28.9. The summed E-state index contributed by atoms with van der Waals surface area (Å²) >= 11 is 0. The number of esters is 1. The number of ether oxygens (including phenoxy) is 2. The van der Waals surface area contributed by atoms with E-state index in [0.717, 1.165) is 36.2 Å². The summed E-state index contributed by atoms with van der Waals surface area (Å²) in [6.07, 6.45) is 11.3. The Labute approximate surface area is 214 Å². The molecule has 0 bridgehead atoms. The molecule has 0 radical (unpaired) electrons. The van der Waals surface area contributed by atoms with Crippen LogP contribution in [0.5, 0.6) is 5.75 Å². The largest absolute Gasteiger partial charge is 0.487 e. The molecule has 0 amide bonds. The van der Waals surface area contributed by atoms with Crippen LogP contribution >= 0.6 is 0 Å². The molecule has 0 heterocycles. The standard InChI is InChI=1S/C31H48NO3/c1-5-6-7-8-9-10-14-20-29-21-15-16-22-30(29)35-27(2)26-34-31(33)23-17-24-32(3,4)25-28-18-12-11-13-19-28/h11-13,15-16,18-19,21-22,27H,5-10,14,17,20,23-26H2,1-4H3/q+1. The van der Waals surface area contributed by atoms with Crippen molar-refractivity contribution < 1.29 is 18.8 Å². The lowest BCUT2D eigenvalue weighted by atomic mass is 10.0. The summed E-state index contributed by atoms with van der Waals surface area (Å²) in [5.41, 5.74) is 2.57. The predicted octanol–water partition coefficient (Wildman–Crippen LogP) is 7.35. The second-order valence-electron chi connectivity index (χ2n) is 10.5. The number of quaternary nitrogens is 1. The molecule has 0 aliphatic rings. The quantitative estimate of drug-likeness (QED) is 0.127. The molecule has 2 aromatic rings. The van der Waals surface area contributed by atoms with Crippen LogP contribution in [-0.2, 0) is 22.5 Å². The van der Waals surface area contributed by atoms with Crippen molar-refractivity contribution in [3.63, 3.8) is 0 Å². The lowest BCUT2D eigenvalue weighted by Gasteiger charge is -2.29. The molecule has 0 aliphatic carbocycles. The summed E-state index contributed by atoms with van der Waals surface area (Å²) in [7, 11) is 4.41. The van der Waals surface area contributed by atoms with E-state index >= 15 is 0 Å². The van der Waals surface area contributed by atoms with Crippen LogP contribution < -0.4 is 4.74 Å². The van der Waals surface area contributed by atoms with Crippen molar-refractivity contribution in [2.75, 3.05) is 27.2 Å². The SMILES string of the molecule is CCCCCCCCCc1ccccc1OC(C)COC(=O)CCC[N+](C)(C)Cc1ccccc1. The van der Waals surface area contributed by atoms with E-state index in [1.54, 1.807) is 0 Å². The highest BCUT2D eigenvalue weighted by molar-refractivity contribution is 5.69. The number of carbonyl (C=O) groups excluding carboxylic acids is 1. The second kappa shape index (κ2) is 16.4. The Morgan fingerprint density at radius 2 is 1.51 bits per heavy atom. The van der Waals surface area contributed by atoms with Crippen LogP contribution in [0.3, 0.4) is 0 Å². The first-order valence-electron chi connectivity index (χ1n) is 13.7. The topological polar surface area (TPSA) is 35.5 Å². The van der Waals surface area contributed by atoms with E-state index in [1.165, 1.54) is 56.1 Å². The fraction of sp³-hybridized carbons (Fsp3) is 0.581. The summed E-state index contributed by atoms with van der Waals surface area (Å²) in [6.45, 7) is 6.40. The first-order chi connectivity index (χ1) is 16.9. The molecule has 0 aromatic heterocycles. The van der Waals surface area contributed by atoms with Gasteiger partial charge in [-0.25, -0.2) is 0 Å². The summed E-state index contributed by atoms with van der Waals surface area (Å²) in [5, 5.41) is 0. The molecule has 1 atom stereocenters. The zero-order valence-corrected chi connectivity index (χ0v) is 22.6. The van der Waals surface area contributed by atoms with Crippen molar-refractivity contribution >= 4 is 5.97 Å². The van der Waals surface area contributed by atoms with Gasteiger partial charge >= 0.3 is 5.97 Å². The average Bonchev–Trinajstić information content (AvgIpc) is 2.83. The van der Waals surface area contributed by atoms with Crippen LogP contribution in [0, 0.1) is 0 Å². The van der Waals surface area contributed by atoms with Gasteiger partial charge in [-0.05, 0) is 31.4 Å². The molecule has 35 heavy (non-hydrogen) atoms. The van der Waals surface area contributed by atoms with Crippen molar-refractivity contribution in [1.82, 2.24) is 0 Å². The minimum atomic E-state index is -0.167. The number of hydrogen-bond donors (Lipinski definition) is 0. The van der Waals surface area contributed by atoms with E-state index in [2.05, 4.69) is 57.4 Å². The Hall–Kier alpha value is -2.33. The number of benzene rings is 2. The lowest BCUT2D eigenvalue weighted by Crippen LogP contribution is -2.39. The van der Waals surface area contributed by atoms with Gasteiger partial charge in [0.25, 0.3) is 0 Å². The van der Waals surface area contributed by atoms with Gasteiger partial charge in [-0.2, -0.15) is 0 Å². The molecule has 0 aliphatic heterocycles. The second-order valence-corrected chi connectivity index (χ2v) is 10.5. The Kier molecular flexibility index (Phi) is 13.5. The van der Waals surface area contributed by atoms with Crippen molar-refractivity contribution in [2.45, 2.75) is 90.7 Å². The molecule has 0 N–H and O–H groups in total. The molecule has 0 spiro atoms. The van der Waals surface area contributed by atoms with Gasteiger partial charge in [-0.15, -0.1) is 0 Å². The number of aryl methyl sites for hydroxylation is 1. The highest BCUT2D eigenvalue weighted by atomic mass is 16.6. The third-order valence-corrected chi connectivity index (χ3v) is 6.43. The van der Waals surface area contributed by atoms with Gasteiger partial charge in [0.05, 0.1) is 27.1 Å². The lowest BCUT2D eigenvalue weighted by molar-refractivity contribution is -0.903. The number of nitrogens with zero attached hydrogens (tertiary/aromatic N) is 1. The highest BCUT2D eigenvalue weighted by Gasteiger charge is 2.17. The number of para-hydroxylation sites is 1. The van der Waals surface area contributed by atoms with Crippen molar-refractivity contribution in [3.8, 4) is 5.75 Å². The zero-order valence-electron chi connectivity index (χ0n) is 22.6. The molecule has 0 saturated heterocycles. The fourth-order valence-electron chi connectivity index (χ4n) is 4.44. The van der Waals surface area contributed by atoms with Crippen LogP contribution in [-0.4, -0.2) is 43.8 Å². The van der Waals surface area contributed by atoms with E-state index < -0.39 is 0 Å². The van der Waals surface area contributed by atoms with E-state index in [0.29, 0.717) is 6.42 Å². The molecule has 194 valence electrons. The number of unbranched alkanes of at least 4 members (excludes halogenated alkanes) is 6. The minimum Gasteiger partial charge on any atom is -0.487 e. The van der Waals surface area contributed by atoms with Crippen LogP contribution in [0.1, 0.15) is 82.8 Å². The zero-order chi connectivity index (χ0) is 25.4. The normalized spacial score (nSPS) is 12.3. The van der Waals surface area contributed by atoms with Crippen molar-refractivity contribution in [1.29, 1.82) is 0 Å². The minimum absolute atomic E-state index is 0.142. The molecule has 2 rings (SSSR count). The molecule has 0 fully saturated rings. The monoisotopic (exact) mass is 482 g/mol. The molecule has 1 unspecified atom stereocenters. The summed E-state index contributed by atoms with van der Waals surface area (Å²) in [6, 6.07) is 18.8. The van der Waals surface area contributed by atoms with Crippen molar-refractivity contribution in [2.24, 2.45) is 0 Å². The van der Waals surface area contributed by atoms with E-state index in [1.807, 2.05) is 25.1 Å². The third-order valence-electron chi connectivity index (χ3n) is 6.43. The summed E-state index contributed by atoms with van der Waals surface area (Å²) in [5.74, 6) is 0.776. The van der Waals surface area contributed by atoms with Crippen LogP contribution in [0.4, 0.5) is 0 Å². The van der Waals surface area contributed by atoms with Gasteiger partial charge in [-0.3, -0.25) is 4.79 Å². The maximum atomic E-state index is 12.3. The Morgan fingerprint density at radius 1 is 0.857 bits per heavy atom. The maximum Gasteiger partial charge on any atom is 0.306 e. The van der Waals surface area contributed by atoms with Gasteiger partial charge in [0.15, 0.2) is 0 Å². The molecule has 2 aromatic carbocycles. The molecule has 4 nitrogen and oxygen atoms in total. The van der Waals surface area contributed by atoms with E-state index in [4.69, 9.17) is 9.47 Å².